The van der Waals surface area contributed by atoms with Gasteiger partial charge in [0, 0.05) is 38.5 Å². The van der Waals surface area contributed by atoms with Crippen molar-refractivity contribution in [1.82, 2.24) is 9.88 Å². The molecule has 3 rings (SSSR count). The van der Waals surface area contributed by atoms with Crippen LogP contribution in [0.4, 0.5) is 0 Å². The van der Waals surface area contributed by atoms with Crippen LogP contribution in [0.3, 0.4) is 0 Å². The molecule has 0 aromatic carbocycles. The first-order chi connectivity index (χ1) is 11.6. The molecule has 1 amide bonds. The van der Waals surface area contributed by atoms with Crippen LogP contribution in [0.1, 0.15) is 27.8 Å². The number of aliphatic carboxylic acids is 1. The number of aromatic nitrogens is 1. The van der Waals surface area contributed by atoms with Gasteiger partial charge in [-0.2, -0.15) is 0 Å². The first-order valence-electron chi connectivity index (χ1n) is 7.59. The van der Waals surface area contributed by atoms with Gasteiger partial charge in [0.25, 0.3) is 5.91 Å². The molecule has 0 spiro atoms. The fraction of sp³-hybridized carbons (Fsp3) is 0.353. The van der Waals surface area contributed by atoms with Gasteiger partial charge in [-0.3, -0.25) is 14.6 Å². The number of nitrogens with zero attached hydrogens (tertiary/aromatic N) is 2. The average Bonchev–Trinajstić information content (AvgIpc) is 3.22. The number of hydrogen-bond donors (Lipinski definition) is 1. The molecular weight excluding hydrogens is 312 g/mol. The monoisotopic (exact) mass is 330 g/mol. The summed E-state index contributed by atoms with van der Waals surface area (Å²) >= 11 is 0. The van der Waals surface area contributed by atoms with Gasteiger partial charge in [-0.05, 0) is 23.8 Å². The number of methoxy groups -OCH3 is 1. The number of carbonyl (C=O) groups is 2. The standard InChI is InChI=1S/C17H18N2O5/c1-23-10-12-4-5-15(24-12)16(20)19-8-13(14(9-19)17(21)22)11-3-2-6-18-7-11/h2-7,13-14H,8-10H2,1H3,(H,21,22)/t13-,14+/m0/s1. The first kappa shape index (κ1) is 16.2. The van der Waals surface area contributed by atoms with Gasteiger partial charge in [-0.25, -0.2) is 0 Å². The predicted octanol–water partition coefficient (Wildman–Crippen LogP) is 1.76. The number of amides is 1. The fourth-order valence-corrected chi connectivity index (χ4v) is 3.02. The molecular formula is C17H18N2O5. The minimum absolute atomic E-state index is 0.147. The minimum atomic E-state index is -0.918. The summed E-state index contributed by atoms with van der Waals surface area (Å²) in [4.78, 5) is 29.7. The van der Waals surface area contributed by atoms with Crippen LogP contribution in [0.25, 0.3) is 0 Å². The van der Waals surface area contributed by atoms with Crippen molar-refractivity contribution < 1.29 is 23.8 Å². The molecule has 24 heavy (non-hydrogen) atoms. The average molecular weight is 330 g/mol. The summed E-state index contributed by atoms with van der Waals surface area (Å²) in [5.74, 6) is -1.43. The number of carboxylic acid groups (broad SMARTS) is 1. The molecule has 2 aromatic rings. The van der Waals surface area contributed by atoms with Crippen LogP contribution >= 0.6 is 0 Å². The zero-order valence-electron chi connectivity index (χ0n) is 13.2. The van der Waals surface area contributed by atoms with Crippen molar-refractivity contribution >= 4 is 11.9 Å². The van der Waals surface area contributed by atoms with Gasteiger partial charge in [-0.15, -0.1) is 0 Å². The molecule has 2 atom stereocenters. The Kier molecular flexibility index (Phi) is 4.61. The quantitative estimate of drug-likeness (QED) is 0.898. The summed E-state index contributed by atoms with van der Waals surface area (Å²) in [6.45, 7) is 0.749. The molecule has 1 fully saturated rings. The summed E-state index contributed by atoms with van der Waals surface area (Å²) in [6.07, 6.45) is 3.29. The Morgan fingerprint density at radius 2 is 2.21 bits per heavy atom. The van der Waals surface area contributed by atoms with Crippen molar-refractivity contribution in [3.63, 3.8) is 0 Å². The third kappa shape index (κ3) is 3.16. The van der Waals surface area contributed by atoms with Gasteiger partial charge >= 0.3 is 5.97 Å². The molecule has 0 unspecified atom stereocenters. The van der Waals surface area contributed by atoms with Crippen molar-refractivity contribution in [3.8, 4) is 0 Å². The Balaban J connectivity index is 1.79. The van der Waals surface area contributed by atoms with Gasteiger partial charge in [-0.1, -0.05) is 6.07 Å². The number of ether oxygens (including phenoxy) is 1. The van der Waals surface area contributed by atoms with E-state index in [1.165, 1.54) is 4.90 Å². The molecule has 126 valence electrons. The highest BCUT2D eigenvalue weighted by atomic mass is 16.5. The van der Waals surface area contributed by atoms with Crippen molar-refractivity contribution in [1.29, 1.82) is 0 Å². The van der Waals surface area contributed by atoms with Crippen molar-refractivity contribution in [2.45, 2.75) is 12.5 Å². The van der Waals surface area contributed by atoms with Crippen molar-refractivity contribution in [3.05, 3.63) is 53.7 Å². The molecule has 2 aromatic heterocycles. The second-order valence-corrected chi connectivity index (χ2v) is 5.75. The summed E-state index contributed by atoms with van der Waals surface area (Å²) in [7, 11) is 1.54. The van der Waals surface area contributed by atoms with Crippen LogP contribution in [0, 0.1) is 5.92 Å². The van der Waals surface area contributed by atoms with Gasteiger partial charge in [0.05, 0.1) is 5.92 Å². The second kappa shape index (κ2) is 6.84. The van der Waals surface area contributed by atoms with Gasteiger partial charge in [0.2, 0.25) is 0 Å². The Labute approximate surface area is 138 Å². The van der Waals surface area contributed by atoms with Crippen LogP contribution < -0.4 is 0 Å². The van der Waals surface area contributed by atoms with Crippen LogP contribution in [-0.4, -0.2) is 47.1 Å². The fourth-order valence-electron chi connectivity index (χ4n) is 3.02. The number of hydrogen-bond acceptors (Lipinski definition) is 5. The van der Waals surface area contributed by atoms with E-state index in [0.29, 0.717) is 12.3 Å². The third-order valence-electron chi connectivity index (χ3n) is 4.20. The van der Waals surface area contributed by atoms with Crippen molar-refractivity contribution in [2.24, 2.45) is 5.92 Å². The van der Waals surface area contributed by atoms with E-state index in [0.717, 1.165) is 5.56 Å². The first-order valence-corrected chi connectivity index (χ1v) is 7.59. The van der Waals surface area contributed by atoms with Crippen LogP contribution in [-0.2, 0) is 16.1 Å². The normalized spacial score (nSPS) is 20.3. The van der Waals surface area contributed by atoms with Gasteiger partial charge < -0.3 is 19.2 Å². The maximum absolute atomic E-state index is 12.6. The third-order valence-corrected chi connectivity index (χ3v) is 4.20. The van der Waals surface area contributed by atoms with E-state index in [9.17, 15) is 14.7 Å². The van der Waals surface area contributed by atoms with E-state index in [1.807, 2.05) is 6.07 Å². The lowest BCUT2D eigenvalue weighted by atomic mass is 9.90. The maximum Gasteiger partial charge on any atom is 0.308 e. The van der Waals surface area contributed by atoms with Crippen LogP contribution in [0.15, 0.2) is 41.1 Å². The van der Waals surface area contributed by atoms with E-state index in [2.05, 4.69) is 4.98 Å². The predicted molar refractivity (Wildman–Crippen MR) is 83.4 cm³/mol. The summed E-state index contributed by atoms with van der Waals surface area (Å²) in [5.41, 5.74) is 0.819. The zero-order valence-corrected chi connectivity index (χ0v) is 13.2. The topological polar surface area (TPSA) is 92.9 Å². The van der Waals surface area contributed by atoms with E-state index >= 15 is 0 Å². The van der Waals surface area contributed by atoms with E-state index in [1.54, 1.807) is 37.7 Å². The van der Waals surface area contributed by atoms with Gasteiger partial charge in [0.15, 0.2) is 5.76 Å². The largest absolute Gasteiger partial charge is 0.481 e. The minimum Gasteiger partial charge on any atom is -0.481 e. The lowest BCUT2D eigenvalue weighted by molar-refractivity contribution is -0.141. The number of likely N-dealkylation sites (tertiary alicyclic amines) is 1. The Hall–Kier alpha value is -2.67. The number of pyridine rings is 1. The highest BCUT2D eigenvalue weighted by Gasteiger charge is 2.41. The smallest absolute Gasteiger partial charge is 0.308 e. The molecule has 1 aliphatic rings. The number of furan rings is 1. The number of carboxylic acids is 1. The summed E-state index contributed by atoms with van der Waals surface area (Å²) in [5, 5.41) is 9.49. The lowest BCUT2D eigenvalue weighted by Crippen LogP contribution is -2.29. The number of rotatable bonds is 5. The lowest BCUT2D eigenvalue weighted by Gasteiger charge is -2.15. The van der Waals surface area contributed by atoms with Gasteiger partial charge in [0.1, 0.15) is 12.4 Å². The summed E-state index contributed by atoms with van der Waals surface area (Å²) in [6, 6.07) is 6.87. The molecule has 0 radical (unpaired) electrons. The SMILES string of the molecule is COCc1ccc(C(=O)N2C[C@@H](C(=O)O)[C@H](c3cccnc3)C2)o1. The molecule has 7 heteroatoms. The molecule has 1 saturated heterocycles. The molecule has 1 N–H and O–H groups in total. The molecule has 0 bridgehead atoms. The van der Waals surface area contributed by atoms with E-state index in [4.69, 9.17) is 9.15 Å². The molecule has 0 aliphatic carbocycles. The Bertz CT molecular complexity index is 728. The molecule has 0 saturated carbocycles. The Morgan fingerprint density at radius 1 is 1.38 bits per heavy atom. The van der Waals surface area contributed by atoms with Crippen molar-refractivity contribution in [2.75, 3.05) is 20.2 Å². The van der Waals surface area contributed by atoms with Crippen LogP contribution in [0.2, 0.25) is 0 Å². The zero-order chi connectivity index (χ0) is 17.1. The number of carbonyl (C=O) groups excluding carboxylic acids is 1. The second-order valence-electron chi connectivity index (χ2n) is 5.75. The highest BCUT2D eigenvalue weighted by molar-refractivity contribution is 5.92. The Morgan fingerprint density at radius 3 is 2.88 bits per heavy atom. The maximum atomic E-state index is 12.6. The molecule has 1 aliphatic heterocycles. The highest BCUT2D eigenvalue weighted by Crippen LogP contribution is 2.33. The van der Waals surface area contributed by atoms with Crippen LogP contribution in [0.5, 0.6) is 0 Å². The molecule has 7 nitrogen and oxygen atoms in total. The van der Waals surface area contributed by atoms with E-state index < -0.39 is 11.9 Å². The van der Waals surface area contributed by atoms with E-state index in [-0.39, 0.29) is 30.7 Å². The molecule has 3 heterocycles. The summed E-state index contributed by atoms with van der Waals surface area (Å²) < 4.78 is 10.4.